The Hall–Kier alpha value is -4.71. The Balaban J connectivity index is 4.59. The summed E-state index contributed by atoms with van der Waals surface area (Å²) >= 11 is 0. The summed E-state index contributed by atoms with van der Waals surface area (Å²) in [5, 5.41) is 0. The number of esters is 3. The average Bonchev–Trinajstić information content (AvgIpc) is 3.29. The summed E-state index contributed by atoms with van der Waals surface area (Å²) in [6, 6.07) is 0. The minimum atomic E-state index is -0.831. The van der Waals surface area contributed by atoms with E-state index in [1.54, 1.807) is 0 Å². The van der Waals surface area contributed by atoms with Gasteiger partial charge in [0.05, 0.1) is 0 Å². The molecule has 6 heteroatoms. The van der Waals surface area contributed by atoms with Gasteiger partial charge in [-0.1, -0.05) is 224 Å². The van der Waals surface area contributed by atoms with E-state index in [4.69, 9.17) is 14.2 Å². The molecule has 0 heterocycles. The van der Waals surface area contributed by atoms with E-state index in [0.29, 0.717) is 19.3 Å². The van der Waals surface area contributed by atoms with E-state index in [-0.39, 0.29) is 37.5 Å². The molecule has 0 saturated carbocycles. The maximum atomic E-state index is 12.8. The lowest BCUT2D eigenvalue weighted by Gasteiger charge is -2.18. The Bertz CT molecular complexity index is 1480. The van der Waals surface area contributed by atoms with Crippen LogP contribution in [0.5, 0.6) is 0 Å². The van der Waals surface area contributed by atoms with Gasteiger partial charge in [-0.25, -0.2) is 0 Å². The van der Waals surface area contributed by atoms with E-state index < -0.39 is 6.10 Å². The van der Waals surface area contributed by atoms with Crippen LogP contribution in [0.25, 0.3) is 0 Å². The molecule has 0 aliphatic carbocycles. The summed E-state index contributed by atoms with van der Waals surface area (Å²) < 4.78 is 16.7. The quantitative estimate of drug-likeness (QED) is 0.0263. The molecule has 0 amide bonds. The molecule has 0 spiro atoms. The second-order valence-electron chi connectivity index (χ2n) is 15.9. The zero-order valence-corrected chi connectivity index (χ0v) is 40.5. The van der Waals surface area contributed by atoms with Crippen LogP contribution in [0.1, 0.15) is 181 Å². The highest BCUT2D eigenvalue weighted by atomic mass is 16.6. The topological polar surface area (TPSA) is 78.9 Å². The first-order chi connectivity index (χ1) is 31.5. The summed E-state index contributed by atoms with van der Waals surface area (Å²) in [6.45, 7) is 6.22. The van der Waals surface area contributed by atoms with Crippen molar-refractivity contribution in [3.05, 3.63) is 146 Å². The van der Waals surface area contributed by atoms with Crippen LogP contribution in [0.2, 0.25) is 0 Å². The molecule has 0 aromatic rings. The number of carbonyl (C=O) groups is 3. The summed E-state index contributed by atoms with van der Waals surface area (Å²) in [6.07, 6.45) is 72.5. The van der Waals surface area contributed by atoms with E-state index in [2.05, 4.69) is 81.5 Å². The molecule has 1 unspecified atom stereocenters. The van der Waals surface area contributed by atoms with Gasteiger partial charge < -0.3 is 14.2 Å². The molecule has 0 aromatic heterocycles. The lowest BCUT2D eigenvalue weighted by molar-refractivity contribution is -0.167. The molecule has 356 valence electrons. The highest BCUT2D eigenvalue weighted by Crippen LogP contribution is 2.12. The number of unbranched alkanes of at least 4 members (excludes halogenated alkanes) is 16. The summed E-state index contributed by atoms with van der Waals surface area (Å²) in [5.74, 6) is -1.04. The van der Waals surface area contributed by atoms with Crippen molar-refractivity contribution in [3.8, 4) is 0 Å². The molecule has 64 heavy (non-hydrogen) atoms. The normalized spacial score (nSPS) is 13.4. The molecule has 0 aliphatic heterocycles. The fourth-order valence-corrected chi connectivity index (χ4v) is 6.12. The van der Waals surface area contributed by atoms with Crippen molar-refractivity contribution in [2.75, 3.05) is 13.2 Å². The summed E-state index contributed by atoms with van der Waals surface area (Å²) in [7, 11) is 0. The first kappa shape index (κ1) is 59.3. The number of hydrogen-bond donors (Lipinski definition) is 0. The second kappa shape index (κ2) is 50.9. The smallest absolute Gasteiger partial charge is 0.306 e. The molecule has 0 radical (unpaired) electrons. The number of rotatable bonds is 42. The van der Waals surface area contributed by atoms with E-state index in [1.807, 2.05) is 85.1 Å². The Morgan fingerprint density at radius 1 is 0.328 bits per heavy atom. The predicted molar refractivity (Wildman–Crippen MR) is 274 cm³/mol. The van der Waals surface area contributed by atoms with Crippen LogP contribution in [0.4, 0.5) is 0 Å². The Morgan fingerprint density at radius 3 is 0.969 bits per heavy atom. The Labute approximate surface area is 391 Å². The third kappa shape index (κ3) is 48.3. The van der Waals surface area contributed by atoms with Gasteiger partial charge in [0.25, 0.3) is 0 Å². The zero-order valence-electron chi connectivity index (χ0n) is 40.5. The zero-order chi connectivity index (χ0) is 46.5. The van der Waals surface area contributed by atoms with Gasteiger partial charge in [0, 0.05) is 19.3 Å². The van der Waals surface area contributed by atoms with Crippen LogP contribution in [-0.4, -0.2) is 37.2 Å². The standard InChI is InChI=1S/C58H88O6/c1-4-7-10-13-16-19-22-25-27-28-29-31-33-36-39-42-45-48-51-57(60)63-54-55(53-62-56(59)50-47-44-41-38-35-32-24-21-18-15-12-9-6-3)64-58(61)52-49-46-43-40-37-34-30-26-23-20-17-14-11-8-5-2/h8-9,11-12,14-15,17-18,20-32,34-35,37,55H,4-7,10,13,16,19,33,36,38-54H2,1-3H3/b11-8-,12-9-,17-14-,18-15-,23-20-,24-21-,25-22-,28-27-,30-26-,31-29-,35-32-,37-34-. The molecule has 0 rings (SSSR count). The van der Waals surface area contributed by atoms with Crippen LogP contribution in [0.3, 0.4) is 0 Å². The fraction of sp³-hybridized carbons (Fsp3) is 0.534. The van der Waals surface area contributed by atoms with Gasteiger partial charge in [0.2, 0.25) is 0 Å². The Morgan fingerprint density at radius 2 is 0.609 bits per heavy atom. The minimum Gasteiger partial charge on any atom is -0.462 e. The monoisotopic (exact) mass is 881 g/mol. The lowest BCUT2D eigenvalue weighted by atomic mass is 10.1. The number of allylic oxidation sites excluding steroid dienone is 24. The van der Waals surface area contributed by atoms with Gasteiger partial charge in [0.1, 0.15) is 13.2 Å². The van der Waals surface area contributed by atoms with Crippen molar-refractivity contribution in [3.63, 3.8) is 0 Å². The van der Waals surface area contributed by atoms with Gasteiger partial charge in [-0.15, -0.1) is 0 Å². The third-order valence-corrected chi connectivity index (χ3v) is 9.84. The van der Waals surface area contributed by atoms with Crippen LogP contribution in [0, 0.1) is 0 Å². The number of hydrogen-bond acceptors (Lipinski definition) is 6. The molecule has 6 nitrogen and oxygen atoms in total. The van der Waals surface area contributed by atoms with Gasteiger partial charge in [-0.05, 0) is 83.5 Å². The highest BCUT2D eigenvalue weighted by Gasteiger charge is 2.19. The van der Waals surface area contributed by atoms with Crippen molar-refractivity contribution < 1.29 is 28.6 Å². The van der Waals surface area contributed by atoms with Crippen molar-refractivity contribution in [2.24, 2.45) is 0 Å². The molecule has 0 aromatic carbocycles. The summed E-state index contributed by atoms with van der Waals surface area (Å²) in [5.41, 5.74) is 0. The SMILES string of the molecule is CC\C=C/C=C\C=C/C=C\C=C/CCCCCC(=O)OC(COC(=O)CCCCC\C=C/C=C\C=C/C=C\CC)COC(=O)CCCCCCC\C=C/C=C\C=C/CCCCCCC. The molecule has 0 saturated heterocycles. The van der Waals surface area contributed by atoms with E-state index in [9.17, 15) is 14.4 Å². The fourth-order valence-electron chi connectivity index (χ4n) is 6.12. The molecule has 0 N–H and O–H groups in total. The molecular weight excluding hydrogens is 793 g/mol. The second-order valence-corrected chi connectivity index (χ2v) is 15.9. The Kier molecular flexibility index (Phi) is 47.2. The van der Waals surface area contributed by atoms with Crippen LogP contribution < -0.4 is 0 Å². The van der Waals surface area contributed by atoms with E-state index in [1.165, 1.54) is 32.1 Å². The van der Waals surface area contributed by atoms with Gasteiger partial charge in [-0.2, -0.15) is 0 Å². The predicted octanol–water partition coefficient (Wildman–Crippen LogP) is 16.5. The first-order valence-electron chi connectivity index (χ1n) is 25.0. The van der Waals surface area contributed by atoms with Crippen molar-refractivity contribution in [1.82, 2.24) is 0 Å². The number of carbonyl (C=O) groups excluding carboxylic acids is 3. The van der Waals surface area contributed by atoms with E-state index in [0.717, 1.165) is 103 Å². The molecular formula is C58H88O6. The van der Waals surface area contributed by atoms with Gasteiger partial charge >= 0.3 is 17.9 Å². The third-order valence-electron chi connectivity index (χ3n) is 9.84. The van der Waals surface area contributed by atoms with Crippen molar-refractivity contribution in [1.29, 1.82) is 0 Å². The van der Waals surface area contributed by atoms with Gasteiger partial charge in [-0.3, -0.25) is 14.4 Å². The van der Waals surface area contributed by atoms with Gasteiger partial charge in [0.15, 0.2) is 6.10 Å². The molecule has 1 atom stereocenters. The highest BCUT2D eigenvalue weighted by molar-refractivity contribution is 5.71. The van der Waals surface area contributed by atoms with Crippen molar-refractivity contribution >= 4 is 17.9 Å². The maximum Gasteiger partial charge on any atom is 0.306 e. The molecule has 0 fully saturated rings. The largest absolute Gasteiger partial charge is 0.462 e. The van der Waals surface area contributed by atoms with Crippen LogP contribution in [-0.2, 0) is 28.6 Å². The van der Waals surface area contributed by atoms with Crippen molar-refractivity contribution in [2.45, 2.75) is 187 Å². The van der Waals surface area contributed by atoms with E-state index >= 15 is 0 Å². The maximum absolute atomic E-state index is 12.8. The van der Waals surface area contributed by atoms with Crippen LogP contribution >= 0.6 is 0 Å². The first-order valence-corrected chi connectivity index (χ1v) is 25.0. The van der Waals surface area contributed by atoms with Crippen LogP contribution in [0.15, 0.2) is 146 Å². The summed E-state index contributed by atoms with van der Waals surface area (Å²) in [4.78, 5) is 37.9. The number of ether oxygens (including phenoxy) is 3. The lowest BCUT2D eigenvalue weighted by Crippen LogP contribution is -2.30. The molecule has 0 bridgehead atoms. The average molecular weight is 881 g/mol. The minimum absolute atomic E-state index is 0.126. The molecule has 0 aliphatic rings.